The van der Waals surface area contributed by atoms with Crippen molar-refractivity contribution in [2.24, 2.45) is 0 Å². The first-order valence-corrected chi connectivity index (χ1v) is 5.55. The molecule has 19 heavy (non-hydrogen) atoms. The Bertz CT molecular complexity index is 493. The van der Waals surface area contributed by atoms with Gasteiger partial charge in [-0.05, 0) is 26.8 Å². The Labute approximate surface area is 110 Å². The van der Waals surface area contributed by atoms with Crippen LogP contribution in [0, 0.1) is 10.1 Å². The summed E-state index contributed by atoms with van der Waals surface area (Å²) in [6.07, 6.45) is -0.636. The van der Waals surface area contributed by atoms with Gasteiger partial charge in [0.25, 0.3) is 0 Å². The van der Waals surface area contributed by atoms with E-state index in [1.54, 1.807) is 20.8 Å². The predicted molar refractivity (Wildman–Crippen MR) is 69.5 cm³/mol. The first-order chi connectivity index (χ1) is 8.73. The Morgan fingerprint density at radius 3 is 2.47 bits per heavy atom. The van der Waals surface area contributed by atoms with Crippen LogP contribution in [-0.4, -0.2) is 23.7 Å². The third kappa shape index (κ3) is 4.46. The van der Waals surface area contributed by atoms with E-state index in [9.17, 15) is 14.9 Å². The van der Waals surface area contributed by atoms with Gasteiger partial charge in [-0.3, -0.25) is 15.4 Å². The van der Waals surface area contributed by atoms with Crippen LogP contribution >= 0.6 is 0 Å². The van der Waals surface area contributed by atoms with Crippen molar-refractivity contribution in [2.45, 2.75) is 26.4 Å². The van der Waals surface area contributed by atoms with Crippen LogP contribution in [0.25, 0.3) is 0 Å². The van der Waals surface area contributed by atoms with Gasteiger partial charge in [0.2, 0.25) is 0 Å². The zero-order chi connectivity index (χ0) is 14.6. The van der Waals surface area contributed by atoms with Crippen LogP contribution in [0.1, 0.15) is 20.8 Å². The first kappa shape index (κ1) is 14.7. The van der Waals surface area contributed by atoms with E-state index in [1.807, 2.05) is 0 Å². The number of nitrogens with one attached hydrogen (secondary N) is 1. The summed E-state index contributed by atoms with van der Waals surface area (Å²) in [4.78, 5) is 21.7. The Morgan fingerprint density at radius 1 is 1.37 bits per heavy atom. The first-order valence-electron chi connectivity index (χ1n) is 5.55. The average Bonchev–Trinajstić information content (AvgIpc) is 2.25. The van der Waals surface area contributed by atoms with Gasteiger partial charge in [0.15, 0.2) is 5.75 Å². The number of ether oxygens (including phenoxy) is 2. The normalized spacial score (nSPS) is 10.7. The van der Waals surface area contributed by atoms with Crippen molar-refractivity contribution < 1.29 is 19.2 Å². The topological polar surface area (TPSA) is 90.7 Å². The number of benzene rings is 1. The Kier molecular flexibility index (Phi) is 4.31. The molecular weight excluding hydrogens is 252 g/mol. The fourth-order valence-corrected chi connectivity index (χ4v) is 1.33. The molecule has 1 rings (SSSR count). The van der Waals surface area contributed by atoms with E-state index in [4.69, 9.17) is 9.47 Å². The van der Waals surface area contributed by atoms with E-state index in [-0.39, 0.29) is 11.4 Å². The minimum absolute atomic E-state index is 0.0681. The van der Waals surface area contributed by atoms with E-state index in [1.165, 1.54) is 25.3 Å². The number of carbonyl (C=O) groups is 1. The number of anilines is 1. The predicted octanol–water partition coefficient (Wildman–Crippen LogP) is 2.95. The van der Waals surface area contributed by atoms with Gasteiger partial charge >= 0.3 is 11.8 Å². The maximum atomic E-state index is 11.5. The molecule has 1 aromatic rings. The number of nitro groups is 1. The summed E-state index contributed by atoms with van der Waals surface area (Å²) in [5.74, 6) is 0.0681. The molecule has 0 aliphatic heterocycles. The number of amides is 1. The molecule has 104 valence electrons. The summed E-state index contributed by atoms with van der Waals surface area (Å²) in [7, 11) is 1.32. The molecule has 0 bridgehead atoms. The van der Waals surface area contributed by atoms with Crippen LogP contribution in [0.15, 0.2) is 18.2 Å². The number of nitro benzene ring substituents is 1. The fourth-order valence-electron chi connectivity index (χ4n) is 1.33. The minimum atomic E-state index is -0.636. The second-order valence-electron chi connectivity index (χ2n) is 4.77. The molecule has 0 heterocycles. The van der Waals surface area contributed by atoms with E-state index >= 15 is 0 Å². The lowest BCUT2D eigenvalue weighted by Crippen LogP contribution is -2.27. The summed E-state index contributed by atoms with van der Waals surface area (Å²) >= 11 is 0. The van der Waals surface area contributed by atoms with E-state index in [0.717, 1.165) is 0 Å². The maximum absolute atomic E-state index is 11.5. The molecule has 0 atom stereocenters. The summed E-state index contributed by atoms with van der Waals surface area (Å²) in [6, 6.07) is 4.03. The van der Waals surface area contributed by atoms with Gasteiger partial charge in [-0.1, -0.05) is 0 Å². The highest BCUT2D eigenvalue weighted by atomic mass is 16.6. The van der Waals surface area contributed by atoms with Crippen LogP contribution in [0.2, 0.25) is 0 Å². The fraction of sp³-hybridized carbons (Fsp3) is 0.417. The highest BCUT2D eigenvalue weighted by Crippen LogP contribution is 2.29. The Morgan fingerprint density at radius 2 is 2.00 bits per heavy atom. The van der Waals surface area contributed by atoms with Crippen LogP contribution in [0.3, 0.4) is 0 Å². The van der Waals surface area contributed by atoms with Crippen molar-refractivity contribution in [3.63, 3.8) is 0 Å². The van der Waals surface area contributed by atoms with Crippen molar-refractivity contribution in [2.75, 3.05) is 12.4 Å². The zero-order valence-electron chi connectivity index (χ0n) is 11.2. The molecule has 0 aliphatic rings. The van der Waals surface area contributed by atoms with Crippen molar-refractivity contribution in [3.8, 4) is 5.75 Å². The van der Waals surface area contributed by atoms with Gasteiger partial charge in [0, 0.05) is 17.8 Å². The van der Waals surface area contributed by atoms with Gasteiger partial charge in [-0.15, -0.1) is 0 Å². The minimum Gasteiger partial charge on any atom is -0.490 e. The number of carbonyl (C=O) groups excluding carboxylic acids is 1. The highest BCUT2D eigenvalue weighted by molar-refractivity contribution is 5.85. The monoisotopic (exact) mass is 268 g/mol. The SMILES string of the molecule is COc1cc(NC(=O)OC(C)(C)C)ccc1[N+](=O)[O-]. The molecular formula is C12H16N2O5. The summed E-state index contributed by atoms with van der Waals surface area (Å²) in [5, 5.41) is 13.2. The molecule has 1 amide bonds. The van der Waals surface area contributed by atoms with Crippen LogP contribution < -0.4 is 10.1 Å². The maximum Gasteiger partial charge on any atom is 0.412 e. The second kappa shape index (κ2) is 5.55. The highest BCUT2D eigenvalue weighted by Gasteiger charge is 2.18. The van der Waals surface area contributed by atoms with E-state index < -0.39 is 16.6 Å². The van der Waals surface area contributed by atoms with Gasteiger partial charge < -0.3 is 9.47 Å². The number of rotatable bonds is 3. The summed E-state index contributed by atoms with van der Waals surface area (Å²) < 4.78 is 9.96. The van der Waals surface area contributed by atoms with E-state index in [0.29, 0.717) is 5.69 Å². The smallest absolute Gasteiger partial charge is 0.412 e. The second-order valence-corrected chi connectivity index (χ2v) is 4.77. The lowest BCUT2D eigenvalue weighted by Gasteiger charge is -2.19. The Hall–Kier alpha value is -2.31. The third-order valence-corrected chi connectivity index (χ3v) is 2.02. The number of hydrogen-bond acceptors (Lipinski definition) is 5. The van der Waals surface area contributed by atoms with Gasteiger partial charge in [0.1, 0.15) is 5.60 Å². The standard InChI is InChI=1S/C12H16N2O5/c1-12(2,3)19-11(15)13-8-5-6-9(14(16)17)10(7-8)18-4/h5-7H,1-4H3,(H,13,15). The van der Waals surface area contributed by atoms with Crippen LogP contribution in [0.5, 0.6) is 5.75 Å². The Balaban J connectivity index is 2.86. The molecule has 0 radical (unpaired) electrons. The van der Waals surface area contributed by atoms with Gasteiger partial charge in [-0.25, -0.2) is 4.79 Å². The lowest BCUT2D eigenvalue weighted by molar-refractivity contribution is -0.385. The zero-order valence-corrected chi connectivity index (χ0v) is 11.2. The molecule has 7 heteroatoms. The average molecular weight is 268 g/mol. The molecule has 0 aromatic heterocycles. The molecule has 1 aromatic carbocycles. The van der Waals surface area contributed by atoms with Crippen molar-refractivity contribution in [1.82, 2.24) is 0 Å². The molecule has 1 N–H and O–H groups in total. The summed E-state index contributed by atoms with van der Waals surface area (Å²) in [6.45, 7) is 5.22. The van der Waals surface area contributed by atoms with Crippen LogP contribution in [-0.2, 0) is 4.74 Å². The number of methoxy groups -OCH3 is 1. The molecule has 0 saturated carbocycles. The molecule has 0 saturated heterocycles. The van der Waals surface area contributed by atoms with Crippen molar-refractivity contribution in [3.05, 3.63) is 28.3 Å². The van der Waals surface area contributed by atoms with Gasteiger partial charge in [0.05, 0.1) is 12.0 Å². The van der Waals surface area contributed by atoms with Gasteiger partial charge in [-0.2, -0.15) is 0 Å². The lowest BCUT2D eigenvalue weighted by atomic mass is 10.2. The number of hydrogen-bond donors (Lipinski definition) is 1. The van der Waals surface area contributed by atoms with E-state index in [2.05, 4.69) is 5.32 Å². The quantitative estimate of drug-likeness (QED) is 0.672. The van der Waals surface area contributed by atoms with Crippen molar-refractivity contribution in [1.29, 1.82) is 0 Å². The molecule has 7 nitrogen and oxygen atoms in total. The van der Waals surface area contributed by atoms with Crippen molar-refractivity contribution >= 4 is 17.5 Å². The molecule has 0 spiro atoms. The summed E-state index contributed by atoms with van der Waals surface area (Å²) in [5.41, 5.74) is -0.427. The molecule has 0 fully saturated rings. The molecule has 0 unspecified atom stereocenters. The largest absolute Gasteiger partial charge is 0.490 e. The third-order valence-electron chi connectivity index (χ3n) is 2.02. The van der Waals surface area contributed by atoms with Crippen LogP contribution in [0.4, 0.5) is 16.2 Å². The molecule has 0 aliphatic carbocycles. The number of nitrogens with zero attached hydrogens (tertiary/aromatic N) is 1.